The van der Waals surface area contributed by atoms with Crippen LogP contribution in [0.25, 0.3) is 0 Å². The molecule has 0 spiro atoms. The Balaban J connectivity index is 2.16. The first kappa shape index (κ1) is 13.0. The number of likely N-dealkylation sites (N-methyl/N-ethyl adjacent to an activating group) is 1. The lowest BCUT2D eigenvalue weighted by Gasteiger charge is -2.17. The standard InChI is InChI=1S/C14H16ClN3/c1-2-17-14(13-6-7-16-10-18-13)9-11-4-3-5-12(15)8-11/h3-8,10,14,17H,2,9H2,1H3. The van der Waals surface area contributed by atoms with Gasteiger partial charge in [0.05, 0.1) is 11.7 Å². The van der Waals surface area contributed by atoms with E-state index < -0.39 is 0 Å². The summed E-state index contributed by atoms with van der Waals surface area (Å²) in [7, 11) is 0. The van der Waals surface area contributed by atoms with E-state index in [1.807, 2.05) is 24.3 Å². The number of aromatic nitrogens is 2. The number of halogens is 1. The molecule has 18 heavy (non-hydrogen) atoms. The highest BCUT2D eigenvalue weighted by atomic mass is 35.5. The van der Waals surface area contributed by atoms with Gasteiger partial charge in [-0.2, -0.15) is 0 Å². The van der Waals surface area contributed by atoms with Gasteiger partial charge in [-0.1, -0.05) is 30.7 Å². The van der Waals surface area contributed by atoms with E-state index in [9.17, 15) is 0 Å². The zero-order chi connectivity index (χ0) is 12.8. The minimum atomic E-state index is 0.191. The minimum absolute atomic E-state index is 0.191. The Kier molecular flexibility index (Phi) is 4.67. The minimum Gasteiger partial charge on any atom is -0.309 e. The third-order valence-electron chi connectivity index (χ3n) is 2.74. The second-order valence-corrected chi connectivity index (χ2v) is 4.51. The van der Waals surface area contributed by atoms with Crippen LogP contribution in [0.2, 0.25) is 5.02 Å². The lowest BCUT2D eigenvalue weighted by molar-refractivity contribution is 0.535. The Morgan fingerprint density at radius 3 is 2.89 bits per heavy atom. The molecule has 0 aliphatic carbocycles. The molecule has 1 aromatic heterocycles. The van der Waals surface area contributed by atoms with Crippen LogP contribution in [0.15, 0.2) is 42.9 Å². The summed E-state index contributed by atoms with van der Waals surface area (Å²) in [5.41, 5.74) is 2.21. The number of nitrogens with zero attached hydrogens (tertiary/aromatic N) is 2. The maximum atomic E-state index is 6.01. The van der Waals surface area contributed by atoms with Crippen LogP contribution < -0.4 is 5.32 Å². The van der Waals surface area contributed by atoms with E-state index in [4.69, 9.17) is 11.6 Å². The summed E-state index contributed by atoms with van der Waals surface area (Å²) in [5.74, 6) is 0. The fraction of sp³-hybridized carbons (Fsp3) is 0.286. The molecule has 0 aliphatic heterocycles. The first-order chi connectivity index (χ1) is 8.79. The van der Waals surface area contributed by atoms with E-state index in [0.717, 1.165) is 23.7 Å². The van der Waals surface area contributed by atoms with Gasteiger partial charge in [-0.25, -0.2) is 9.97 Å². The van der Waals surface area contributed by atoms with E-state index in [0.29, 0.717) is 0 Å². The molecule has 0 fully saturated rings. The first-order valence-electron chi connectivity index (χ1n) is 6.03. The highest BCUT2D eigenvalue weighted by Gasteiger charge is 2.12. The Labute approximate surface area is 112 Å². The molecule has 1 atom stereocenters. The van der Waals surface area contributed by atoms with Gasteiger partial charge in [0.2, 0.25) is 0 Å². The lowest BCUT2D eigenvalue weighted by Crippen LogP contribution is -2.23. The van der Waals surface area contributed by atoms with Gasteiger partial charge in [-0.15, -0.1) is 0 Å². The van der Waals surface area contributed by atoms with Gasteiger partial charge in [0.25, 0.3) is 0 Å². The third kappa shape index (κ3) is 3.52. The highest BCUT2D eigenvalue weighted by Crippen LogP contribution is 2.18. The van der Waals surface area contributed by atoms with Crippen molar-refractivity contribution in [2.75, 3.05) is 6.54 Å². The number of rotatable bonds is 5. The summed E-state index contributed by atoms with van der Waals surface area (Å²) in [6.45, 7) is 2.99. The van der Waals surface area contributed by atoms with Gasteiger partial charge in [-0.05, 0) is 36.7 Å². The third-order valence-corrected chi connectivity index (χ3v) is 2.98. The normalized spacial score (nSPS) is 12.3. The summed E-state index contributed by atoms with van der Waals surface area (Å²) < 4.78 is 0. The van der Waals surface area contributed by atoms with Crippen LogP contribution in [0.4, 0.5) is 0 Å². The van der Waals surface area contributed by atoms with Crippen LogP contribution in [0.1, 0.15) is 24.2 Å². The molecule has 3 nitrogen and oxygen atoms in total. The summed E-state index contributed by atoms with van der Waals surface area (Å²) in [5, 5.41) is 4.20. The van der Waals surface area contributed by atoms with Crippen molar-refractivity contribution in [1.29, 1.82) is 0 Å². The predicted octanol–water partition coefficient (Wildman–Crippen LogP) is 3.02. The van der Waals surface area contributed by atoms with Gasteiger partial charge >= 0.3 is 0 Å². The Morgan fingerprint density at radius 1 is 1.33 bits per heavy atom. The molecule has 1 aromatic carbocycles. The summed E-state index contributed by atoms with van der Waals surface area (Å²) in [6.07, 6.45) is 4.22. The maximum absolute atomic E-state index is 6.01. The number of benzene rings is 1. The fourth-order valence-electron chi connectivity index (χ4n) is 1.93. The predicted molar refractivity (Wildman–Crippen MR) is 73.6 cm³/mol. The molecular weight excluding hydrogens is 246 g/mol. The molecule has 4 heteroatoms. The maximum Gasteiger partial charge on any atom is 0.115 e. The summed E-state index contributed by atoms with van der Waals surface area (Å²) in [6, 6.07) is 10.1. The zero-order valence-corrected chi connectivity index (χ0v) is 11.1. The van der Waals surface area contributed by atoms with Crippen LogP contribution in [-0.4, -0.2) is 16.5 Å². The molecule has 2 rings (SSSR count). The first-order valence-corrected chi connectivity index (χ1v) is 6.41. The second kappa shape index (κ2) is 6.47. The van der Waals surface area contributed by atoms with Crippen molar-refractivity contribution in [2.45, 2.75) is 19.4 Å². The molecule has 1 unspecified atom stereocenters. The summed E-state index contributed by atoms with van der Waals surface area (Å²) in [4.78, 5) is 8.26. The fourth-order valence-corrected chi connectivity index (χ4v) is 2.15. The van der Waals surface area contributed by atoms with Gasteiger partial charge in [0, 0.05) is 11.2 Å². The molecule has 2 aromatic rings. The van der Waals surface area contributed by atoms with Crippen molar-refractivity contribution >= 4 is 11.6 Å². The molecule has 1 heterocycles. The van der Waals surface area contributed by atoms with Gasteiger partial charge < -0.3 is 5.32 Å². The molecule has 1 N–H and O–H groups in total. The molecular formula is C14H16ClN3. The van der Waals surface area contributed by atoms with Crippen LogP contribution in [0.5, 0.6) is 0 Å². The molecule has 0 saturated carbocycles. The topological polar surface area (TPSA) is 37.8 Å². The van der Waals surface area contributed by atoms with Crippen molar-refractivity contribution in [3.05, 3.63) is 59.1 Å². The zero-order valence-electron chi connectivity index (χ0n) is 10.3. The van der Waals surface area contributed by atoms with Crippen molar-refractivity contribution in [3.8, 4) is 0 Å². The van der Waals surface area contributed by atoms with E-state index in [2.05, 4.69) is 28.3 Å². The molecule has 0 bridgehead atoms. The molecule has 0 saturated heterocycles. The average Bonchev–Trinajstić information content (AvgIpc) is 2.39. The highest BCUT2D eigenvalue weighted by molar-refractivity contribution is 6.30. The van der Waals surface area contributed by atoms with Crippen LogP contribution in [-0.2, 0) is 6.42 Å². The van der Waals surface area contributed by atoms with Crippen molar-refractivity contribution < 1.29 is 0 Å². The largest absolute Gasteiger partial charge is 0.309 e. The molecule has 0 radical (unpaired) electrons. The number of hydrogen-bond acceptors (Lipinski definition) is 3. The van der Waals surface area contributed by atoms with Crippen LogP contribution >= 0.6 is 11.6 Å². The Morgan fingerprint density at radius 2 is 2.22 bits per heavy atom. The van der Waals surface area contributed by atoms with Crippen molar-refractivity contribution in [3.63, 3.8) is 0 Å². The molecule has 0 amide bonds. The van der Waals surface area contributed by atoms with Gasteiger partial charge in [-0.3, -0.25) is 0 Å². The molecule has 0 aliphatic rings. The number of hydrogen-bond donors (Lipinski definition) is 1. The molecule has 94 valence electrons. The van der Waals surface area contributed by atoms with E-state index in [-0.39, 0.29) is 6.04 Å². The SMILES string of the molecule is CCNC(Cc1cccc(Cl)c1)c1ccncn1. The van der Waals surface area contributed by atoms with Crippen LogP contribution in [0.3, 0.4) is 0 Å². The van der Waals surface area contributed by atoms with E-state index in [1.54, 1.807) is 12.5 Å². The smallest absolute Gasteiger partial charge is 0.115 e. The van der Waals surface area contributed by atoms with E-state index >= 15 is 0 Å². The quantitative estimate of drug-likeness (QED) is 0.899. The van der Waals surface area contributed by atoms with Crippen molar-refractivity contribution in [2.24, 2.45) is 0 Å². The van der Waals surface area contributed by atoms with Crippen molar-refractivity contribution in [1.82, 2.24) is 15.3 Å². The van der Waals surface area contributed by atoms with Crippen LogP contribution in [0, 0.1) is 0 Å². The second-order valence-electron chi connectivity index (χ2n) is 4.08. The number of nitrogens with one attached hydrogen (secondary N) is 1. The Hall–Kier alpha value is -1.45. The Bertz CT molecular complexity index is 487. The lowest BCUT2D eigenvalue weighted by atomic mass is 10.0. The summed E-state index contributed by atoms with van der Waals surface area (Å²) >= 11 is 6.01. The van der Waals surface area contributed by atoms with Gasteiger partial charge in [0.1, 0.15) is 6.33 Å². The van der Waals surface area contributed by atoms with E-state index in [1.165, 1.54) is 5.56 Å². The van der Waals surface area contributed by atoms with Gasteiger partial charge in [0.15, 0.2) is 0 Å². The average molecular weight is 262 g/mol. The monoisotopic (exact) mass is 261 g/mol.